The van der Waals surface area contributed by atoms with Crippen LogP contribution >= 0.6 is 0 Å². The van der Waals surface area contributed by atoms with Crippen molar-refractivity contribution in [3.05, 3.63) is 30.1 Å². The largest absolute Gasteiger partial charge is 0.481 e. The van der Waals surface area contributed by atoms with Crippen molar-refractivity contribution < 1.29 is 14.7 Å². The minimum Gasteiger partial charge on any atom is -0.481 e. The lowest BCUT2D eigenvalue weighted by Gasteiger charge is -2.21. The SMILES string of the molecule is CCCC(c1cccnc1)C(C(C)=O)C(=O)O. The fraction of sp³-hybridized carbons (Fsp3) is 0.462. The second-order valence-electron chi connectivity index (χ2n) is 4.11. The molecule has 17 heavy (non-hydrogen) atoms. The minimum absolute atomic E-state index is 0.288. The van der Waals surface area contributed by atoms with Crippen LogP contribution in [0, 0.1) is 5.92 Å². The maximum Gasteiger partial charge on any atom is 0.314 e. The average Bonchev–Trinajstić information content (AvgIpc) is 2.28. The number of carbonyl (C=O) groups excluding carboxylic acids is 1. The maximum atomic E-state index is 11.5. The van der Waals surface area contributed by atoms with Gasteiger partial charge in [-0.25, -0.2) is 0 Å². The Morgan fingerprint density at radius 3 is 2.59 bits per heavy atom. The third-order valence-corrected chi connectivity index (χ3v) is 2.82. The van der Waals surface area contributed by atoms with Crippen molar-refractivity contribution >= 4 is 11.8 Å². The Hall–Kier alpha value is -1.71. The molecule has 0 bridgehead atoms. The second kappa shape index (κ2) is 6.13. The van der Waals surface area contributed by atoms with Crippen molar-refractivity contribution in [1.82, 2.24) is 4.98 Å². The zero-order chi connectivity index (χ0) is 12.8. The van der Waals surface area contributed by atoms with E-state index in [1.807, 2.05) is 13.0 Å². The van der Waals surface area contributed by atoms with E-state index in [4.69, 9.17) is 5.11 Å². The first-order valence-corrected chi connectivity index (χ1v) is 5.71. The predicted octanol–water partition coefficient (Wildman–Crippen LogP) is 2.26. The highest BCUT2D eigenvalue weighted by Gasteiger charge is 2.32. The van der Waals surface area contributed by atoms with Crippen LogP contribution in [-0.4, -0.2) is 21.8 Å². The molecule has 1 rings (SSSR count). The summed E-state index contributed by atoms with van der Waals surface area (Å²) in [6, 6.07) is 3.59. The maximum absolute atomic E-state index is 11.5. The zero-order valence-corrected chi connectivity index (χ0v) is 10.1. The third-order valence-electron chi connectivity index (χ3n) is 2.82. The van der Waals surface area contributed by atoms with Gasteiger partial charge in [0.15, 0.2) is 0 Å². The number of pyridine rings is 1. The molecule has 1 heterocycles. The van der Waals surface area contributed by atoms with E-state index in [1.165, 1.54) is 6.92 Å². The quantitative estimate of drug-likeness (QED) is 0.768. The molecule has 0 aliphatic heterocycles. The number of ketones is 1. The van der Waals surface area contributed by atoms with Gasteiger partial charge in [0.05, 0.1) is 0 Å². The molecule has 0 aliphatic carbocycles. The van der Waals surface area contributed by atoms with Crippen LogP contribution in [0.3, 0.4) is 0 Å². The van der Waals surface area contributed by atoms with Crippen LogP contribution in [0.5, 0.6) is 0 Å². The summed E-state index contributed by atoms with van der Waals surface area (Å²) in [5, 5.41) is 9.16. The van der Waals surface area contributed by atoms with Crippen molar-refractivity contribution in [3.8, 4) is 0 Å². The number of aromatic nitrogens is 1. The number of carboxylic acid groups (broad SMARTS) is 1. The molecular weight excluding hydrogens is 218 g/mol. The number of hydrogen-bond acceptors (Lipinski definition) is 3. The highest BCUT2D eigenvalue weighted by molar-refractivity contribution is 5.97. The lowest BCUT2D eigenvalue weighted by Crippen LogP contribution is -2.28. The monoisotopic (exact) mass is 235 g/mol. The Kier molecular flexibility index (Phi) is 4.82. The Morgan fingerprint density at radius 1 is 1.47 bits per heavy atom. The summed E-state index contributed by atoms with van der Waals surface area (Å²) in [5.74, 6) is -2.62. The summed E-state index contributed by atoms with van der Waals surface area (Å²) >= 11 is 0. The molecule has 4 nitrogen and oxygen atoms in total. The Bertz CT molecular complexity index is 375. The molecular formula is C13H17NO3. The van der Waals surface area contributed by atoms with Gasteiger partial charge in [-0.2, -0.15) is 0 Å². The lowest BCUT2D eigenvalue weighted by atomic mass is 9.81. The first kappa shape index (κ1) is 13.4. The predicted molar refractivity (Wildman–Crippen MR) is 63.7 cm³/mol. The number of Topliss-reactive ketones (excluding diaryl/α,β-unsaturated/α-hetero) is 1. The molecule has 1 N–H and O–H groups in total. The highest BCUT2D eigenvalue weighted by Crippen LogP contribution is 2.30. The lowest BCUT2D eigenvalue weighted by molar-refractivity contribution is -0.146. The number of carboxylic acids is 1. The average molecular weight is 235 g/mol. The summed E-state index contributed by atoms with van der Waals surface area (Å²) in [7, 11) is 0. The molecule has 1 aromatic heterocycles. The number of hydrogen-bond donors (Lipinski definition) is 1. The smallest absolute Gasteiger partial charge is 0.314 e. The Morgan fingerprint density at radius 2 is 2.18 bits per heavy atom. The summed E-state index contributed by atoms with van der Waals surface area (Å²) in [4.78, 5) is 26.6. The van der Waals surface area contributed by atoms with Crippen molar-refractivity contribution in [3.63, 3.8) is 0 Å². The van der Waals surface area contributed by atoms with E-state index in [1.54, 1.807) is 18.5 Å². The molecule has 92 valence electrons. The summed E-state index contributed by atoms with van der Waals surface area (Å²) < 4.78 is 0. The van der Waals surface area contributed by atoms with Gasteiger partial charge in [0.1, 0.15) is 11.7 Å². The summed E-state index contributed by atoms with van der Waals surface area (Å²) in [5.41, 5.74) is 0.817. The topological polar surface area (TPSA) is 67.3 Å². The normalized spacial score (nSPS) is 14.0. The van der Waals surface area contributed by atoms with Crippen molar-refractivity contribution in [2.75, 3.05) is 0 Å². The molecule has 1 aromatic rings. The Balaban J connectivity index is 3.07. The molecule has 0 saturated heterocycles. The van der Waals surface area contributed by atoms with E-state index >= 15 is 0 Å². The van der Waals surface area contributed by atoms with Gasteiger partial charge in [-0.3, -0.25) is 14.6 Å². The van der Waals surface area contributed by atoms with E-state index in [9.17, 15) is 9.59 Å². The van der Waals surface area contributed by atoms with Gasteiger partial charge >= 0.3 is 5.97 Å². The molecule has 4 heteroatoms. The first-order valence-electron chi connectivity index (χ1n) is 5.71. The van der Waals surface area contributed by atoms with Gasteiger partial charge in [-0.1, -0.05) is 19.4 Å². The molecule has 2 unspecified atom stereocenters. The van der Waals surface area contributed by atoms with E-state index in [2.05, 4.69) is 4.98 Å². The highest BCUT2D eigenvalue weighted by atomic mass is 16.4. The minimum atomic E-state index is -1.06. The van der Waals surface area contributed by atoms with Crippen LogP contribution in [0.4, 0.5) is 0 Å². The van der Waals surface area contributed by atoms with Crippen LogP contribution in [0.15, 0.2) is 24.5 Å². The standard InChI is InChI=1S/C13H17NO3/c1-3-5-11(10-6-4-7-14-8-10)12(9(2)15)13(16)17/h4,6-8,11-12H,3,5H2,1-2H3,(H,16,17). The second-order valence-corrected chi connectivity index (χ2v) is 4.11. The first-order chi connectivity index (χ1) is 8.07. The van der Waals surface area contributed by atoms with Gasteiger partial charge < -0.3 is 5.11 Å². The molecule has 0 amide bonds. The van der Waals surface area contributed by atoms with Crippen LogP contribution in [0.2, 0.25) is 0 Å². The molecule has 0 saturated carbocycles. The van der Waals surface area contributed by atoms with Gasteiger partial charge in [0.2, 0.25) is 0 Å². The zero-order valence-electron chi connectivity index (χ0n) is 10.1. The van der Waals surface area contributed by atoms with Crippen LogP contribution in [0.25, 0.3) is 0 Å². The number of carbonyl (C=O) groups is 2. The fourth-order valence-electron chi connectivity index (χ4n) is 2.06. The van der Waals surface area contributed by atoms with Crippen molar-refractivity contribution in [2.24, 2.45) is 5.92 Å². The third kappa shape index (κ3) is 3.37. The van der Waals surface area contributed by atoms with Crippen molar-refractivity contribution in [1.29, 1.82) is 0 Å². The van der Waals surface area contributed by atoms with Gasteiger partial charge in [0, 0.05) is 18.3 Å². The number of nitrogens with zero attached hydrogens (tertiary/aromatic N) is 1. The molecule has 0 spiro atoms. The van der Waals surface area contributed by atoms with Gasteiger partial charge in [0.25, 0.3) is 0 Å². The summed E-state index contributed by atoms with van der Waals surface area (Å²) in [6.45, 7) is 3.31. The molecule has 0 fully saturated rings. The molecule has 0 aliphatic rings. The van der Waals surface area contributed by atoms with Crippen molar-refractivity contribution in [2.45, 2.75) is 32.6 Å². The molecule has 0 radical (unpaired) electrons. The van der Waals surface area contributed by atoms with Crippen LogP contribution in [-0.2, 0) is 9.59 Å². The Labute approximate surface area is 101 Å². The van der Waals surface area contributed by atoms with Crippen LogP contribution in [0.1, 0.15) is 38.2 Å². The van der Waals surface area contributed by atoms with E-state index in [-0.39, 0.29) is 11.7 Å². The van der Waals surface area contributed by atoms with Gasteiger partial charge in [-0.15, -0.1) is 0 Å². The van der Waals surface area contributed by atoms with E-state index < -0.39 is 11.9 Å². The van der Waals surface area contributed by atoms with E-state index in [0.717, 1.165) is 12.0 Å². The number of rotatable bonds is 6. The van der Waals surface area contributed by atoms with Crippen LogP contribution < -0.4 is 0 Å². The van der Waals surface area contributed by atoms with E-state index in [0.29, 0.717) is 6.42 Å². The summed E-state index contributed by atoms with van der Waals surface area (Å²) in [6.07, 6.45) is 4.77. The molecule has 0 aromatic carbocycles. The van der Waals surface area contributed by atoms with Gasteiger partial charge in [-0.05, 0) is 25.0 Å². The fourth-order valence-corrected chi connectivity index (χ4v) is 2.06. The number of aliphatic carboxylic acids is 1. The molecule has 2 atom stereocenters.